The van der Waals surface area contributed by atoms with Crippen LogP contribution in [0.2, 0.25) is 10.0 Å². The maximum absolute atomic E-state index is 14.1. The third-order valence-corrected chi connectivity index (χ3v) is 8.85. The number of benzene rings is 2. The van der Waals surface area contributed by atoms with Gasteiger partial charge in [0.15, 0.2) is 5.69 Å². The van der Waals surface area contributed by atoms with Crippen LogP contribution in [0.1, 0.15) is 54.2 Å². The SMILES string of the molecule is CCOC(=O)c1c(/C=C(\C(=O)OC(C)(C)C)c2cccs2)c2c(Cl)cc(Cl)cc2n1S(=O)(=O)c1ccc(C)cc1. The molecule has 40 heavy (non-hydrogen) atoms. The number of ether oxygens (including phenoxy) is 2. The van der Waals surface area contributed by atoms with Gasteiger partial charge in [-0.05, 0) is 76.4 Å². The van der Waals surface area contributed by atoms with Crippen molar-refractivity contribution in [2.24, 2.45) is 0 Å². The van der Waals surface area contributed by atoms with E-state index in [0.717, 1.165) is 9.54 Å². The molecule has 0 amide bonds. The van der Waals surface area contributed by atoms with Gasteiger partial charge in [-0.15, -0.1) is 11.3 Å². The number of nitrogens with zero attached hydrogens (tertiary/aromatic N) is 1. The highest BCUT2D eigenvalue weighted by Crippen LogP contribution is 2.40. The molecule has 4 aromatic rings. The van der Waals surface area contributed by atoms with E-state index in [2.05, 4.69) is 0 Å². The summed E-state index contributed by atoms with van der Waals surface area (Å²) < 4.78 is 40.1. The molecule has 0 saturated carbocycles. The number of aryl methyl sites for hydroxylation is 1. The fourth-order valence-electron chi connectivity index (χ4n) is 4.07. The first kappa shape index (κ1) is 29.9. The molecule has 0 bridgehead atoms. The van der Waals surface area contributed by atoms with Crippen molar-refractivity contribution in [3.05, 3.63) is 85.7 Å². The number of halogens is 2. The number of fused-ring (bicyclic) bond motifs is 1. The van der Waals surface area contributed by atoms with E-state index < -0.39 is 27.6 Å². The lowest BCUT2D eigenvalue weighted by molar-refractivity contribution is -0.147. The van der Waals surface area contributed by atoms with Gasteiger partial charge in [0.2, 0.25) is 0 Å². The summed E-state index contributed by atoms with van der Waals surface area (Å²) in [5, 5.41) is 2.25. The zero-order valence-corrected chi connectivity index (χ0v) is 25.6. The highest BCUT2D eigenvalue weighted by atomic mass is 35.5. The summed E-state index contributed by atoms with van der Waals surface area (Å²) >= 11 is 14.3. The van der Waals surface area contributed by atoms with Crippen molar-refractivity contribution in [3.63, 3.8) is 0 Å². The van der Waals surface area contributed by atoms with E-state index in [4.69, 9.17) is 32.7 Å². The lowest BCUT2D eigenvalue weighted by atomic mass is 10.0. The average Bonchev–Trinajstić information content (AvgIpc) is 3.48. The summed E-state index contributed by atoms with van der Waals surface area (Å²) in [5.74, 6) is -1.57. The summed E-state index contributed by atoms with van der Waals surface area (Å²) in [5.41, 5.74) is -0.0185. The molecule has 0 unspecified atom stereocenters. The van der Waals surface area contributed by atoms with Crippen LogP contribution in [0.3, 0.4) is 0 Å². The molecule has 11 heteroatoms. The number of carbonyl (C=O) groups is 2. The minimum Gasteiger partial charge on any atom is -0.461 e. The molecule has 4 rings (SSSR count). The third kappa shape index (κ3) is 5.98. The highest BCUT2D eigenvalue weighted by Gasteiger charge is 2.33. The minimum atomic E-state index is -4.37. The summed E-state index contributed by atoms with van der Waals surface area (Å²) in [6.45, 7) is 8.62. The van der Waals surface area contributed by atoms with Crippen LogP contribution >= 0.6 is 34.5 Å². The van der Waals surface area contributed by atoms with E-state index >= 15 is 0 Å². The second kappa shape index (κ2) is 11.4. The maximum Gasteiger partial charge on any atom is 0.356 e. The van der Waals surface area contributed by atoms with Crippen molar-refractivity contribution in [1.82, 2.24) is 3.97 Å². The fourth-order valence-corrected chi connectivity index (χ4v) is 6.89. The molecule has 210 valence electrons. The standard InChI is InChI=1S/C29H27Cl2NO6S2/c1-6-37-28(34)26-21(16-20(24-8-7-13-39-24)27(33)38-29(3,4)5)25-22(31)14-18(30)15-23(25)32(26)40(35,36)19-11-9-17(2)10-12-19/h7-16H,6H2,1-5H3/b20-16-. The average molecular weight is 621 g/mol. The number of rotatable bonds is 7. The Kier molecular flexibility index (Phi) is 8.52. The van der Waals surface area contributed by atoms with Crippen LogP contribution in [0.25, 0.3) is 22.6 Å². The first-order chi connectivity index (χ1) is 18.7. The van der Waals surface area contributed by atoms with Gasteiger partial charge in [-0.2, -0.15) is 0 Å². The maximum atomic E-state index is 14.1. The van der Waals surface area contributed by atoms with Gasteiger partial charge < -0.3 is 9.47 Å². The molecule has 0 spiro atoms. The smallest absolute Gasteiger partial charge is 0.356 e. The largest absolute Gasteiger partial charge is 0.461 e. The Labute approximate surface area is 247 Å². The molecule has 2 aromatic carbocycles. The predicted octanol–water partition coefficient (Wildman–Crippen LogP) is 7.61. The quantitative estimate of drug-likeness (QED) is 0.156. The van der Waals surface area contributed by atoms with Gasteiger partial charge in [0.05, 0.1) is 27.6 Å². The summed E-state index contributed by atoms with van der Waals surface area (Å²) in [6.07, 6.45) is 1.43. The zero-order valence-electron chi connectivity index (χ0n) is 22.4. The second-order valence-electron chi connectivity index (χ2n) is 9.88. The van der Waals surface area contributed by atoms with Gasteiger partial charge in [0, 0.05) is 20.8 Å². The van der Waals surface area contributed by atoms with Crippen molar-refractivity contribution in [2.75, 3.05) is 6.61 Å². The van der Waals surface area contributed by atoms with E-state index in [1.54, 1.807) is 57.3 Å². The summed E-state index contributed by atoms with van der Waals surface area (Å²) in [7, 11) is -4.37. The van der Waals surface area contributed by atoms with Crippen LogP contribution in [0.5, 0.6) is 0 Å². The molecular formula is C29H27Cl2NO6S2. The van der Waals surface area contributed by atoms with E-state index in [9.17, 15) is 18.0 Å². The highest BCUT2D eigenvalue weighted by molar-refractivity contribution is 7.90. The third-order valence-electron chi connectivity index (χ3n) is 5.70. The minimum absolute atomic E-state index is 0.0214. The number of carbonyl (C=O) groups excluding carboxylic acids is 2. The van der Waals surface area contributed by atoms with Gasteiger partial charge in [-0.1, -0.05) is 47.0 Å². The van der Waals surface area contributed by atoms with Crippen LogP contribution in [-0.4, -0.2) is 36.5 Å². The lowest BCUT2D eigenvalue weighted by Gasteiger charge is -2.20. The van der Waals surface area contributed by atoms with Gasteiger partial charge in [0.1, 0.15) is 5.60 Å². The molecule has 0 aliphatic heterocycles. The Balaban J connectivity index is 2.17. The van der Waals surface area contributed by atoms with Gasteiger partial charge >= 0.3 is 11.9 Å². The van der Waals surface area contributed by atoms with Crippen molar-refractivity contribution in [1.29, 1.82) is 0 Å². The van der Waals surface area contributed by atoms with Crippen molar-refractivity contribution in [2.45, 2.75) is 45.1 Å². The molecule has 2 heterocycles. The van der Waals surface area contributed by atoms with Crippen LogP contribution < -0.4 is 0 Å². The van der Waals surface area contributed by atoms with E-state index in [1.807, 2.05) is 6.92 Å². The molecule has 0 radical (unpaired) electrons. The van der Waals surface area contributed by atoms with Crippen LogP contribution in [0.15, 0.2) is 58.8 Å². The van der Waals surface area contributed by atoms with Gasteiger partial charge in [0.25, 0.3) is 10.0 Å². The normalized spacial score (nSPS) is 12.5. The molecule has 0 saturated heterocycles. The molecule has 2 aromatic heterocycles. The van der Waals surface area contributed by atoms with E-state index in [1.165, 1.54) is 41.7 Å². The number of hydrogen-bond donors (Lipinski definition) is 0. The Morgan fingerprint density at radius 1 is 1.07 bits per heavy atom. The number of esters is 2. The monoisotopic (exact) mass is 619 g/mol. The molecule has 7 nitrogen and oxygen atoms in total. The molecule has 0 aliphatic carbocycles. The molecule has 0 N–H and O–H groups in total. The van der Waals surface area contributed by atoms with Crippen LogP contribution in [0.4, 0.5) is 0 Å². The van der Waals surface area contributed by atoms with Crippen LogP contribution in [0, 0.1) is 6.92 Å². The van der Waals surface area contributed by atoms with Crippen molar-refractivity contribution < 1.29 is 27.5 Å². The lowest BCUT2D eigenvalue weighted by Crippen LogP contribution is -2.24. The Bertz CT molecular complexity index is 1730. The van der Waals surface area contributed by atoms with E-state index in [0.29, 0.717) is 4.88 Å². The zero-order chi connectivity index (χ0) is 29.4. The first-order valence-electron chi connectivity index (χ1n) is 12.3. The number of aromatic nitrogens is 1. The number of thiophene rings is 1. The molecule has 0 fully saturated rings. The van der Waals surface area contributed by atoms with Gasteiger partial charge in [-0.3, -0.25) is 0 Å². The summed E-state index contributed by atoms with van der Waals surface area (Å²) in [6, 6.07) is 12.6. The second-order valence-corrected chi connectivity index (χ2v) is 13.5. The predicted molar refractivity (Wildman–Crippen MR) is 160 cm³/mol. The first-order valence-corrected chi connectivity index (χ1v) is 15.3. The summed E-state index contributed by atoms with van der Waals surface area (Å²) in [4.78, 5) is 27.4. The van der Waals surface area contributed by atoms with Crippen molar-refractivity contribution >= 4 is 79.1 Å². The fraction of sp³-hybridized carbons (Fsp3) is 0.241. The molecule has 0 atom stereocenters. The van der Waals surface area contributed by atoms with E-state index in [-0.39, 0.29) is 49.3 Å². The molecule has 0 aliphatic rings. The van der Waals surface area contributed by atoms with Crippen LogP contribution in [-0.2, 0) is 24.3 Å². The van der Waals surface area contributed by atoms with Crippen molar-refractivity contribution in [3.8, 4) is 0 Å². The Morgan fingerprint density at radius 2 is 1.75 bits per heavy atom. The molecular weight excluding hydrogens is 593 g/mol. The van der Waals surface area contributed by atoms with Gasteiger partial charge in [-0.25, -0.2) is 22.0 Å². The topological polar surface area (TPSA) is 91.7 Å². The Morgan fingerprint density at radius 3 is 2.33 bits per heavy atom. The number of hydrogen-bond acceptors (Lipinski definition) is 7. The Hall–Kier alpha value is -3.11.